The van der Waals surface area contributed by atoms with Gasteiger partial charge in [-0.3, -0.25) is 9.78 Å². The van der Waals surface area contributed by atoms with Gasteiger partial charge in [-0.25, -0.2) is 4.68 Å². The number of rotatable bonds is 6. The Kier molecular flexibility index (Phi) is 5.62. The van der Waals surface area contributed by atoms with E-state index in [1.54, 1.807) is 29.1 Å². The van der Waals surface area contributed by atoms with Crippen molar-refractivity contribution in [1.29, 1.82) is 0 Å². The van der Waals surface area contributed by atoms with Crippen molar-refractivity contribution >= 4 is 40.2 Å². The van der Waals surface area contributed by atoms with E-state index in [1.165, 1.54) is 0 Å². The topological polar surface area (TPSA) is 84.8 Å². The zero-order chi connectivity index (χ0) is 19.6. The van der Waals surface area contributed by atoms with Crippen LogP contribution in [0.3, 0.4) is 0 Å². The summed E-state index contributed by atoms with van der Waals surface area (Å²) >= 11 is 11.9. The van der Waals surface area contributed by atoms with Crippen molar-refractivity contribution in [3.63, 3.8) is 0 Å². The lowest BCUT2D eigenvalue weighted by Gasteiger charge is -2.19. The second kappa shape index (κ2) is 7.78. The SMILES string of the molecule is CC(C)(C)n1ncc2c(=O)[nH]c(NCCCOc3ccc(Cl)cc3Cl)nc21. The molecule has 3 rings (SSSR count). The number of H-pyrrole nitrogens is 1. The molecule has 0 aliphatic carbocycles. The van der Waals surface area contributed by atoms with E-state index in [4.69, 9.17) is 27.9 Å². The molecule has 0 radical (unpaired) electrons. The van der Waals surface area contributed by atoms with Crippen LogP contribution in [-0.4, -0.2) is 32.9 Å². The lowest BCUT2D eigenvalue weighted by molar-refractivity contribution is 0.315. The van der Waals surface area contributed by atoms with E-state index in [0.717, 1.165) is 0 Å². The molecule has 7 nitrogen and oxygen atoms in total. The number of benzene rings is 1. The molecule has 0 unspecified atom stereocenters. The Bertz CT molecular complexity index is 1010. The summed E-state index contributed by atoms with van der Waals surface area (Å²) in [5, 5.41) is 8.91. The predicted octanol–water partition coefficient (Wildman–Crippen LogP) is 4.06. The van der Waals surface area contributed by atoms with Crippen LogP contribution in [0.5, 0.6) is 5.75 Å². The molecule has 0 fully saturated rings. The fraction of sp³-hybridized carbons (Fsp3) is 0.389. The molecule has 0 saturated carbocycles. The summed E-state index contributed by atoms with van der Waals surface area (Å²) in [4.78, 5) is 19.5. The van der Waals surface area contributed by atoms with E-state index >= 15 is 0 Å². The van der Waals surface area contributed by atoms with Gasteiger partial charge in [-0.1, -0.05) is 23.2 Å². The number of anilines is 1. The van der Waals surface area contributed by atoms with Crippen LogP contribution >= 0.6 is 23.2 Å². The molecule has 2 aromatic heterocycles. The Morgan fingerprint density at radius 3 is 2.78 bits per heavy atom. The number of fused-ring (bicyclic) bond motifs is 1. The highest BCUT2D eigenvalue weighted by atomic mass is 35.5. The number of nitrogens with one attached hydrogen (secondary N) is 2. The Morgan fingerprint density at radius 1 is 1.30 bits per heavy atom. The minimum Gasteiger partial charge on any atom is -0.492 e. The van der Waals surface area contributed by atoms with Gasteiger partial charge in [0.25, 0.3) is 5.56 Å². The highest BCUT2D eigenvalue weighted by molar-refractivity contribution is 6.35. The van der Waals surface area contributed by atoms with Gasteiger partial charge in [0.05, 0.1) is 23.4 Å². The number of ether oxygens (including phenoxy) is 1. The molecule has 0 atom stereocenters. The molecule has 2 N–H and O–H groups in total. The Labute approximate surface area is 166 Å². The molecular formula is C18H21Cl2N5O2. The summed E-state index contributed by atoms with van der Waals surface area (Å²) in [6.07, 6.45) is 2.24. The number of nitrogens with zero attached hydrogens (tertiary/aromatic N) is 3. The molecule has 0 amide bonds. The minimum absolute atomic E-state index is 0.220. The monoisotopic (exact) mass is 409 g/mol. The first-order chi connectivity index (χ1) is 12.8. The van der Waals surface area contributed by atoms with Crippen molar-refractivity contribution in [1.82, 2.24) is 19.7 Å². The van der Waals surface area contributed by atoms with Crippen molar-refractivity contribution in [2.45, 2.75) is 32.7 Å². The van der Waals surface area contributed by atoms with Gasteiger partial charge < -0.3 is 10.1 Å². The van der Waals surface area contributed by atoms with Gasteiger partial charge in [-0.05, 0) is 45.4 Å². The summed E-state index contributed by atoms with van der Waals surface area (Å²) in [7, 11) is 0. The van der Waals surface area contributed by atoms with Crippen molar-refractivity contribution in [3.05, 3.63) is 44.8 Å². The summed E-state index contributed by atoms with van der Waals surface area (Å²) in [6, 6.07) is 5.10. The maximum Gasteiger partial charge on any atom is 0.263 e. The minimum atomic E-state index is -0.272. The van der Waals surface area contributed by atoms with Crippen LogP contribution in [0, 0.1) is 0 Å². The quantitative estimate of drug-likeness (QED) is 0.599. The molecule has 0 spiro atoms. The van der Waals surface area contributed by atoms with Crippen molar-refractivity contribution in [3.8, 4) is 5.75 Å². The zero-order valence-electron chi connectivity index (χ0n) is 15.3. The van der Waals surface area contributed by atoms with Crippen LogP contribution in [0.25, 0.3) is 11.0 Å². The molecule has 1 aromatic carbocycles. The summed E-state index contributed by atoms with van der Waals surface area (Å²) < 4.78 is 7.38. The zero-order valence-corrected chi connectivity index (χ0v) is 16.9. The van der Waals surface area contributed by atoms with Crippen LogP contribution in [0.1, 0.15) is 27.2 Å². The molecule has 3 aromatic rings. The summed E-state index contributed by atoms with van der Waals surface area (Å²) in [5.41, 5.74) is 0.0611. The van der Waals surface area contributed by atoms with Gasteiger partial charge >= 0.3 is 0 Å². The van der Waals surface area contributed by atoms with Gasteiger partial charge in [-0.2, -0.15) is 10.1 Å². The van der Waals surface area contributed by atoms with Crippen LogP contribution < -0.4 is 15.6 Å². The van der Waals surface area contributed by atoms with E-state index in [-0.39, 0.29) is 11.1 Å². The number of halogens is 2. The van der Waals surface area contributed by atoms with Gasteiger partial charge in [0.1, 0.15) is 11.1 Å². The lowest BCUT2D eigenvalue weighted by Crippen LogP contribution is -2.24. The largest absolute Gasteiger partial charge is 0.492 e. The van der Waals surface area contributed by atoms with Crippen LogP contribution in [0.2, 0.25) is 10.0 Å². The van der Waals surface area contributed by atoms with Gasteiger partial charge in [0.15, 0.2) is 5.65 Å². The normalized spacial score (nSPS) is 11.7. The summed E-state index contributed by atoms with van der Waals surface area (Å²) in [6.45, 7) is 7.06. The maximum absolute atomic E-state index is 12.2. The van der Waals surface area contributed by atoms with E-state index in [2.05, 4.69) is 20.4 Å². The third kappa shape index (κ3) is 4.54. The molecule has 2 heterocycles. The average Bonchev–Trinajstić information content (AvgIpc) is 3.01. The van der Waals surface area contributed by atoms with E-state index in [0.29, 0.717) is 52.3 Å². The maximum atomic E-state index is 12.2. The highest BCUT2D eigenvalue weighted by Crippen LogP contribution is 2.27. The van der Waals surface area contributed by atoms with Crippen molar-refractivity contribution in [2.75, 3.05) is 18.5 Å². The second-order valence-electron chi connectivity index (χ2n) is 7.08. The third-order valence-electron chi connectivity index (χ3n) is 3.84. The molecule has 9 heteroatoms. The molecule has 0 bridgehead atoms. The number of aromatic amines is 1. The van der Waals surface area contributed by atoms with Gasteiger partial charge in [-0.15, -0.1) is 0 Å². The Morgan fingerprint density at radius 2 is 2.07 bits per heavy atom. The molecule has 144 valence electrons. The van der Waals surface area contributed by atoms with Crippen LogP contribution in [-0.2, 0) is 5.54 Å². The van der Waals surface area contributed by atoms with Crippen LogP contribution in [0.4, 0.5) is 5.95 Å². The van der Waals surface area contributed by atoms with Gasteiger partial charge in [0, 0.05) is 11.6 Å². The smallest absolute Gasteiger partial charge is 0.263 e. The van der Waals surface area contributed by atoms with E-state index in [1.807, 2.05) is 20.8 Å². The summed E-state index contributed by atoms with van der Waals surface area (Å²) in [5.74, 6) is 0.992. The molecule has 27 heavy (non-hydrogen) atoms. The first-order valence-corrected chi connectivity index (χ1v) is 9.31. The Hall–Kier alpha value is -2.25. The average molecular weight is 410 g/mol. The van der Waals surface area contributed by atoms with Gasteiger partial charge in [0.2, 0.25) is 5.95 Å². The van der Waals surface area contributed by atoms with E-state index < -0.39 is 0 Å². The fourth-order valence-corrected chi connectivity index (χ4v) is 3.01. The predicted molar refractivity (Wildman–Crippen MR) is 108 cm³/mol. The van der Waals surface area contributed by atoms with Crippen molar-refractivity contribution < 1.29 is 4.74 Å². The number of hydrogen-bond acceptors (Lipinski definition) is 5. The highest BCUT2D eigenvalue weighted by Gasteiger charge is 2.19. The lowest BCUT2D eigenvalue weighted by atomic mass is 10.1. The first kappa shape index (κ1) is 19.5. The van der Waals surface area contributed by atoms with Crippen LogP contribution in [0.15, 0.2) is 29.2 Å². The number of hydrogen-bond donors (Lipinski definition) is 2. The van der Waals surface area contributed by atoms with Crippen molar-refractivity contribution in [2.24, 2.45) is 0 Å². The molecular weight excluding hydrogens is 389 g/mol. The number of aromatic nitrogens is 4. The molecule has 0 aliphatic rings. The third-order valence-corrected chi connectivity index (χ3v) is 4.37. The fourth-order valence-electron chi connectivity index (χ4n) is 2.55. The Balaban J connectivity index is 1.61. The molecule has 0 saturated heterocycles. The van der Waals surface area contributed by atoms with E-state index in [9.17, 15) is 4.79 Å². The second-order valence-corrected chi connectivity index (χ2v) is 7.93. The first-order valence-electron chi connectivity index (χ1n) is 8.56. The molecule has 0 aliphatic heterocycles. The standard InChI is InChI=1S/C18H21Cl2N5O2/c1-18(2,3)25-15-12(10-22-25)16(26)24-17(23-15)21-7-4-8-27-14-6-5-11(19)9-13(14)20/h5-6,9-10H,4,7-8H2,1-3H3,(H2,21,23,24,26).